The van der Waals surface area contributed by atoms with E-state index < -0.39 is 6.10 Å². The van der Waals surface area contributed by atoms with Crippen molar-refractivity contribution < 1.29 is 14.6 Å². The van der Waals surface area contributed by atoms with Gasteiger partial charge >= 0.3 is 6.03 Å². The Labute approximate surface area is 108 Å². The maximum atomic E-state index is 12.2. The second kappa shape index (κ2) is 6.20. The molecule has 1 fully saturated rings. The van der Waals surface area contributed by atoms with Gasteiger partial charge in [0.15, 0.2) is 0 Å². The maximum Gasteiger partial charge on any atom is 0.318 e. The third-order valence-corrected chi connectivity index (χ3v) is 3.44. The summed E-state index contributed by atoms with van der Waals surface area (Å²) in [4.78, 5) is 14.0. The average molecular weight is 254 g/mol. The molecule has 2 amide bonds. The number of amides is 2. The van der Waals surface area contributed by atoms with Crippen molar-refractivity contribution in [2.45, 2.75) is 44.4 Å². The third kappa shape index (κ3) is 3.46. The zero-order valence-corrected chi connectivity index (χ0v) is 10.8. The summed E-state index contributed by atoms with van der Waals surface area (Å²) >= 11 is 0. The second-order valence-electron chi connectivity index (χ2n) is 5.10. The molecule has 1 aliphatic heterocycles. The van der Waals surface area contributed by atoms with Crippen molar-refractivity contribution >= 4 is 6.03 Å². The smallest absolute Gasteiger partial charge is 0.318 e. The van der Waals surface area contributed by atoms with Crippen molar-refractivity contribution in [3.63, 3.8) is 0 Å². The van der Waals surface area contributed by atoms with Gasteiger partial charge < -0.3 is 20.1 Å². The Bertz CT molecular complexity index is 309. The van der Waals surface area contributed by atoms with Gasteiger partial charge in [0.2, 0.25) is 0 Å². The first kappa shape index (κ1) is 13.4. The Morgan fingerprint density at radius 3 is 2.94 bits per heavy atom. The van der Waals surface area contributed by atoms with Gasteiger partial charge in [0.05, 0.1) is 25.4 Å². The molecule has 0 unspecified atom stereocenters. The molecule has 2 aliphatic rings. The molecule has 18 heavy (non-hydrogen) atoms. The van der Waals surface area contributed by atoms with Crippen molar-refractivity contribution in [1.29, 1.82) is 0 Å². The van der Waals surface area contributed by atoms with Crippen LogP contribution in [0.25, 0.3) is 0 Å². The molecule has 1 aliphatic carbocycles. The normalized spacial score (nSPS) is 26.3. The molecule has 0 aromatic heterocycles. The number of ether oxygens (including phenoxy) is 1. The molecule has 0 saturated carbocycles. The number of aliphatic hydroxyl groups is 1. The first-order valence-electron chi connectivity index (χ1n) is 6.64. The van der Waals surface area contributed by atoms with Crippen LogP contribution in [0.1, 0.15) is 26.2 Å². The van der Waals surface area contributed by atoms with Gasteiger partial charge in [0.1, 0.15) is 0 Å². The average Bonchev–Trinajstić information content (AvgIpc) is 2.81. The Balaban J connectivity index is 1.88. The highest BCUT2D eigenvalue weighted by atomic mass is 16.5. The molecule has 5 heteroatoms. The van der Waals surface area contributed by atoms with Crippen LogP contribution in [-0.2, 0) is 4.74 Å². The largest absolute Gasteiger partial charge is 0.393 e. The van der Waals surface area contributed by atoms with Crippen molar-refractivity contribution in [3.05, 3.63) is 12.2 Å². The molecule has 0 aromatic rings. The summed E-state index contributed by atoms with van der Waals surface area (Å²) in [5.41, 5.74) is 0. The van der Waals surface area contributed by atoms with E-state index in [0.717, 1.165) is 12.8 Å². The van der Waals surface area contributed by atoms with Crippen LogP contribution in [0.3, 0.4) is 0 Å². The Kier molecular flexibility index (Phi) is 4.60. The summed E-state index contributed by atoms with van der Waals surface area (Å²) in [6, 6.07) is 0.179. The van der Waals surface area contributed by atoms with Gasteiger partial charge in [-0.2, -0.15) is 0 Å². The number of nitrogens with zero attached hydrogens (tertiary/aromatic N) is 1. The van der Waals surface area contributed by atoms with E-state index in [-0.39, 0.29) is 18.1 Å². The van der Waals surface area contributed by atoms with Crippen LogP contribution in [0.5, 0.6) is 0 Å². The lowest BCUT2D eigenvalue weighted by Crippen LogP contribution is -2.54. The van der Waals surface area contributed by atoms with Gasteiger partial charge in [-0.3, -0.25) is 0 Å². The highest BCUT2D eigenvalue weighted by Crippen LogP contribution is 2.15. The van der Waals surface area contributed by atoms with Crippen LogP contribution in [-0.4, -0.2) is 54.0 Å². The highest BCUT2D eigenvalue weighted by Gasteiger charge is 2.29. The van der Waals surface area contributed by atoms with E-state index in [1.54, 1.807) is 11.8 Å². The molecular formula is C13H22N2O3. The lowest BCUT2D eigenvalue weighted by Gasteiger charge is -2.36. The highest BCUT2D eigenvalue weighted by molar-refractivity contribution is 5.75. The number of nitrogens with one attached hydrogen (secondary N) is 1. The van der Waals surface area contributed by atoms with Crippen LogP contribution in [0.4, 0.5) is 4.79 Å². The lowest BCUT2D eigenvalue weighted by molar-refractivity contribution is -0.00475. The first-order valence-corrected chi connectivity index (χ1v) is 6.64. The van der Waals surface area contributed by atoms with Crippen molar-refractivity contribution in [1.82, 2.24) is 10.2 Å². The van der Waals surface area contributed by atoms with Crippen molar-refractivity contribution in [3.8, 4) is 0 Å². The number of aliphatic hydroxyl groups excluding tert-OH is 1. The van der Waals surface area contributed by atoms with Gasteiger partial charge in [-0.25, -0.2) is 4.79 Å². The van der Waals surface area contributed by atoms with E-state index in [4.69, 9.17) is 4.74 Å². The second-order valence-corrected chi connectivity index (χ2v) is 5.10. The van der Waals surface area contributed by atoms with Gasteiger partial charge in [0, 0.05) is 12.6 Å². The van der Waals surface area contributed by atoms with E-state index in [9.17, 15) is 9.90 Å². The predicted molar refractivity (Wildman–Crippen MR) is 68.3 cm³/mol. The number of hydrogen-bond acceptors (Lipinski definition) is 3. The summed E-state index contributed by atoms with van der Waals surface area (Å²) in [5, 5.41) is 12.5. The zero-order chi connectivity index (χ0) is 13.0. The van der Waals surface area contributed by atoms with E-state index in [0.29, 0.717) is 26.2 Å². The quantitative estimate of drug-likeness (QED) is 0.735. The Hall–Kier alpha value is -1.07. The van der Waals surface area contributed by atoms with E-state index in [1.807, 2.05) is 0 Å². The van der Waals surface area contributed by atoms with Crippen molar-refractivity contribution in [2.24, 2.45) is 0 Å². The fourth-order valence-electron chi connectivity index (χ4n) is 2.50. The fourth-order valence-corrected chi connectivity index (χ4v) is 2.50. The molecular weight excluding hydrogens is 232 g/mol. The Morgan fingerprint density at radius 1 is 1.56 bits per heavy atom. The van der Waals surface area contributed by atoms with E-state index >= 15 is 0 Å². The molecule has 5 nitrogen and oxygen atoms in total. The third-order valence-electron chi connectivity index (χ3n) is 3.44. The molecule has 0 radical (unpaired) electrons. The number of urea groups is 1. The molecule has 102 valence electrons. The Morgan fingerprint density at radius 2 is 2.28 bits per heavy atom. The van der Waals surface area contributed by atoms with Crippen LogP contribution in [0, 0.1) is 0 Å². The van der Waals surface area contributed by atoms with E-state index in [2.05, 4.69) is 17.5 Å². The molecule has 2 rings (SSSR count). The van der Waals surface area contributed by atoms with Gasteiger partial charge in [-0.05, 0) is 26.2 Å². The molecule has 1 heterocycles. The minimum Gasteiger partial charge on any atom is -0.393 e. The lowest BCUT2D eigenvalue weighted by atomic mass is 10.1. The van der Waals surface area contributed by atoms with Crippen LogP contribution >= 0.6 is 0 Å². The van der Waals surface area contributed by atoms with Crippen molar-refractivity contribution in [2.75, 3.05) is 19.8 Å². The topological polar surface area (TPSA) is 61.8 Å². The van der Waals surface area contributed by atoms with E-state index in [1.165, 1.54) is 0 Å². The molecule has 1 saturated heterocycles. The molecule has 2 N–H and O–H groups in total. The number of hydrogen-bond donors (Lipinski definition) is 2. The summed E-state index contributed by atoms with van der Waals surface area (Å²) in [6.07, 6.45) is 6.17. The van der Waals surface area contributed by atoms with Gasteiger partial charge in [-0.1, -0.05) is 12.2 Å². The minimum atomic E-state index is -0.417. The molecule has 0 aromatic carbocycles. The number of carbonyl (C=O) groups excluding carboxylic acids is 1. The number of morpholine rings is 1. The predicted octanol–water partition coefficient (Wildman–Crippen LogP) is 0.886. The molecule has 0 bridgehead atoms. The summed E-state index contributed by atoms with van der Waals surface area (Å²) in [6.45, 7) is 3.43. The summed E-state index contributed by atoms with van der Waals surface area (Å²) < 4.78 is 5.39. The van der Waals surface area contributed by atoms with Crippen LogP contribution in [0.2, 0.25) is 0 Å². The standard InChI is InChI=1S/C13H22N2O3/c1-10(16)8-12-9-18-7-6-15(12)13(17)14-11-4-2-3-5-11/h2-3,10-12,16H,4-9H2,1H3,(H,14,17)/t10-,12+/m1/s1. The van der Waals surface area contributed by atoms with Crippen LogP contribution in [0.15, 0.2) is 12.2 Å². The van der Waals surface area contributed by atoms with Crippen LogP contribution < -0.4 is 5.32 Å². The molecule has 0 spiro atoms. The maximum absolute atomic E-state index is 12.2. The number of rotatable bonds is 3. The minimum absolute atomic E-state index is 0.0203. The van der Waals surface area contributed by atoms with Gasteiger partial charge in [-0.15, -0.1) is 0 Å². The van der Waals surface area contributed by atoms with Gasteiger partial charge in [0.25, 0.3) is 0 Å². The first-order chi connectivity index (χ1) is 8.66. The monoisotopic (exact) mass is 254 g/mol. The SMILES string of the molecule is C[C@@H](O)C[C@H]1COCCN1C(=O)NC1CC=CC1. The summed E-state index contributed by atoms with van der Waals surface area (Å²) in [5.74, 6) is 0. The fraction of sp³-hybridized carbons (Fsp3) is 0.769. The molecule has 2 atom stereocenters. The summed E-state index contributed by atoms with van der Waals surface area (Å²) in [7, 11) is 0. The zero-order valence-electron chi connectivity index (χ0n) is 10.8. The number of carbonyl (C=O) groups is 1.